The van der Waals surface area contributed by atoms with Crippen LogP contribution >= 0.6 is 0 Å². The van der Waals surface area contributed by atoms with Gasteiger partial charge in [0, 0.05) is 12.2 Å². The Hall–Kier alpha value is -3.86. The number of anilines is 1. The predicted octanol–water partition coefficient (Wildman–Crippen LogP) is 4.75. The lowest BCUT2D eigenvalue weighted by Crippen LogP contribution is -2.34. The number of hydrogen-bond donors (Lipinski definition) is 1. The average Bonchev–Trinajstić information content (AvgIpc) is 3.04. The first-order valence-corrected chi connectivity index (χ1v) is 10.6. The van der Waals surface area contributed by atoms with Crippen LogP contribution in [0.4, 0.5) is 5.69 Å². The normalized spacial score (nSPS) is 13.7. The minimum atomic E-state index is -0.303. The number of nitrogens with one attached hydrogen (secondary N) is 1. The van der Waals surface area contributed by atoms with Gasteiger partial charge in [0.15, 0.2) is 0 Å². The van der Waals surface area contributed by atoms with E-state index in [1.165, 1.54) is 4.90 Å². The number of hydrogen-bond acceptors (Lipinski definition) is 4. The fraction of sp³-hybridized carbons (Fsp3) is 0.185. The van der Waals surface area contributed by atoms with Crippen LogP contribution in [0.3, 0.4) is 0 Å². The first kappa shape index (κ1) is 21.4. The molecule has 4 rings (SSSR count). The number of nitrogens with zero attached hydrogens (tertiary/aromatic N) is 1. The molecule has 0 saturated carbocycles. The molecule has 0 fully saturated rings. The summed E-state index contributed by atoms with van der Waals surface area (Å²) >= 11 is 0. The van der Waals surface area contributed by atoms with Crippen LogP contribution in [-0.4, -0.2) is 30.4 Å². The lowest BCUT2D eigenvalue weighted by atomic mass is 10.0. The van der Waals surface area contributed by atoms with E-state index < -0.39 is 0 Å². The molecule has 0 unspecified atom stereocenters. The number of amides is 2. The van der Waals surface area contributed by atoms with Crippen molar-refractivity contribution in [2.45, 2.75) is 20.3 Å². The summed E-state index contributed by atoms with van der Waals surface area (Å²) in [7, 11) is 1.62. The Kier molecular flexibility index (Phi) is 6.08. The highest BCUT2D eigenvalue weighted by atomic mass is 16.5. The molecule has 1 aliphatic rings. The van der Waals surface area contributed by atoms with Crippen LogP contribution in [-0.2, 0) is 16.0 Å². The molecule has 3 aromatic carbocycles. The van der Waals surface area contributed by atoms with Crippen LogP contribution in [0, 0.1) is 13.8 Å². The predicted molar refractivity (Wildman–Crippen MR) is 126 cm³/mol. The van der Waals surface area contributed by atoms with Crippen molar-refractivity contribution in [3.05, 3.63) is 101 Å². The van der Waals surface area contributed by atoms with Crippen LogP contribution in [0.1, 0.15) is 22.3 Å². The molecule has 5 heteroatoms. The van der Waals surface area contributed by atoms with E-state index in [1.54, 1.807) is 7.11 Å². The molecule has 32 heavy (non-hydrogen) atoms. The largest absolute Gasteiger partial charge is 0.497 e. The second-order valence-electron chi connectivity index (χ2n) is 7.92. The van der Waals surface area contributed by atoms with Crippen LogP contribution in [0.25, 0.3) is 5.57 Å². The number of imide groups is 1. The third-order valence-electron chi connectivity index (χ3n) is 5.66. The molecule has 0 aliphatic carbocycles. The van der Waals surface area contributed by atoms with Crippen molar-refractivity contribution in [1.82, 2.24) is 4.90 Å². The number of methoxy groups -OCH3 is 1. The second kappa shape index (κ2) is 9.10. The molecule has 1 aliphatic heterocycles. The van der Waals surface area contributed by atoms with Gasteiger partial charge in [-0.1, -0.05) is 60.2 Å². The number of rotatable bonds is 7. The quantitative estimate of drug-likeness (QED) is 0.554. The Morgan fingerprint density at radius 3 is 2.25 bits per heavy atom. The summed E-state index contributed by atoms with van der Waals surface area (Å²) in [4.78, 5) is 28.1. The molecular formula is C27H26N2O3. The highest BCUT2D eigenvalue weighted by Gasteiger charge is 2.39. The summed E-state index contributed by atoms with van der Waals surface area (Å²) in [5.41, 5.74) is 5.46. The molecule has 1 heterocycles. The summed E-state index contributed by atoms with van der Waals surface area (Å²) in [6, 6.07) is 23.0. The van der Waals surface area contributed by atoms with Crippen molar-refractivity contribution in [2.75, 3.05) is 19.0 Å². The van der Waals surface area contributed by atoms with E-state index in [1.807, 2.05) is 86.6 Å². The summed E-state index contributed by atoms with van der Waals surface area (Å²) < 4.78 is 5.20. The van der Waals surface area contributed by atoms with Gasteiger partial charge in [0.1, 0.15) is 11.4 Å². The van der Waals surface area contributed by atoms with E-state index in [2.05, 4.69) is 5.32 Å². The standard InChI is InChI=1S/C27H26N2O3/c1-18-9-14-23(19(2)17-18)28-25-24(21-7-5-4-6-8-21)26(30)29(27(25)31)16-15-20-10-12-22(32-3)13-11-20/h4-14,17,28H,15-16H2,1-3H3. The summed E-state index contributed by atoms with van der Waals surface area (Å²) in [6.07, 6.45) is 0.570. The minimum Gasteiger partial charge on any atom is -0.497 e. The van der Waals surface area contributed by atoms with Gasteiger partial charge in [0.05, 0.1) is 12.7 Å². The summed E-state index contributed by atoms with van der Waals surface area (Å²) in [5, 5.41) is 3.26. The van der Waals surface area contributed by atoms with Gasteiger partial charge in [-0.05, 0) is 55.2 Å². The zero-order valence-electron chi connectivity index (χ0n) is 18.5. The number of aryl methyl sites for hydroxylation is 2. The molecular weight excluding hydrogens is 400 g/mol. The maximum atomic E-state index is 13.4. The third-order valence-corrected chi connectivity index (χ3v) is 5.66. The first-order valence-electron chi connectivity index (χ1n) is 10.6. The third kappa shape index (κ3) is 4.28. The minimum absolute atomic E-state index is 0.276. The lowest BCUT2D eigenvalue weighted by Gasteiger charge is -2.16. The van der Waals surface area contributed by atoms with Crippen molar-refractivity contribution < 1.29 is 14.3 Å². The molecule has 0 radical (unpaired) electrons. The molecule has 0 bridgehead atoms. The summed E-state index contributed by atoms with van der Waals surface area (Å²) in [5.74, 6) is 0.194. The number of ether oxygens (including phenoxy) is 1. The van der Waals surface area contributed by atoms with E-state index in [4.69, 9.17) is 4.74 Å². The average molecular weight is 427 g/mol. The number of carbonyl (C=O) groups excluding carboxylic acids is 2. The van der Waals surface area contributed by atoms with Crippen LogP contribution in [0.2, 0.25) is 0 Å². The van der Waals surface area contributed by atoms with Gasteiger partial charge in [0.25, 0.3) is 11.8 Å². The SMILES string of the molecule is COc1ccc(CCN2C(=O)C(Nc3ccc(C)cc3C)=C(c3ccccc3)C2=O)cc1. The van der Waals surface area contributed by atoms with E-state index in [0.717, 1.165) is 33.7 Å². The smallest absolute Gasteiger partial charge is 0.278 e. The molecule has 0 aromatic heterocycles. The first-order chi connectivity index (χ1) is 15.5. The van der Waals surface area contributed by atoms with Gasteiger partial charge in [-0.3, -0.25) is 14.5 Å². The van der Waals surface area contributed by atoms with Gasteiger partial charge >= 0.3 is 0 Å². The Labute approximate surface area is 188 Å². The molecule has 0 spiro atoms. The van der Waals surface area contributed by atoms with Crippen molar-refractivity contribution in [3.8, 4) is 5.75 Å². The van der Waals surface area contributed by atoms with E-state index in [9.17, 15) is 9.59 Å². The summed E-state index contributed by atoms with van der Waals surface area (Å²) in [6.45, 7) is 4.32. The van der Waals surface area contributed by atoms with Crippen LogP contribution in [0.15, 0.2) is 78.5 Å². The molecule has 0 saturated heterocycles. The molecule has 1 N–H and O–H groups in total. The molecule has 2 amide bonds. The van der Waals surface area contributed by atoms with E-state index >= 15 is 0 Å². The zero-order valence-corrected chi connectivity index (χ0v) is 18.5. The van der Waals surface area contributed by atoms with Crippen LogP contribution < -0.4 is 10.1 Å². The fourth-order valence-corrected chi connectivity index (χ4v) is 3.89. The van der Waals surface area contributed by atoms with Gasteiger partial charge in [-0.2, -0.15) is 0 Å². The number of carbonyl (C=O) groups is 2. The maximum Gasteiger partial charge on any atom is 0.278 e. The maximum absolute atomic E-state index is 13.4. The zero-order chi connectivity index (χ0) is 22.7. The highest BCUT2D eigenvalue weighted by Crippen LogP contribution is 2.31. The van der Waals surface area contributed by atoms with Gasteiger partial charge in [-0.15, -0.1) is 0 Å². The fourth-order valence-electron chi connectivity index (χ4n) is 3.89. The molecule has 0 atom stereocenters. The van der Waals surface area contributed by atoms with Crippen LogP contribution in [0.5, 0.6) is 5.75 Å². The molecule has 162 valence electrons. The Morgan fingerprint density at radius 1 is 0.875 bits per heavy atom. The van der Waals surface area contributed by atoms with Gasteiger partial charge in [-0.25, -0.2) is 0 Å². The second-order valence-corrected chi connectivity index (χ2v) is 7.92. The topological polar surface area (TPSA) is 58.6 Å². The Morgan fingerprint density at radius 2 is 1.59 bits per heavy atom. The van der Waals surface area contributed by atoms with Gasteiger partial charge in [0.2, 0.25) is 0 Å². The number of benzene rings is 3. The van der Waals surface area contributed by atoms with E-state index in [0.29, 0.717) is 24.2 Å². The lowest BCUT2D eigenvalue weighted by molar-refractivity contribution is -0.136. The highest BCUT2D eigenvalue weighted by molar-refractivity contribution is 6.36. The Balaban J connectivity index is 1.63. The van der Waals surface area contributed by atoms with Gasteiger partial charge < -0.3 is 10.1 Å². The van der Waals surface area contributed by atoms with Crippen molar-refractivity contribution in [1.29, 1.82) is 0 Å². The van der Waals surface area contributed by atoms with E-state index in [-0.39, 0.29) is 11.8 Å². The molecule has 5 nitrogen and oxygen atoms in total. The Bertz CT molecular complexity index is 1180. The van der Waals surface area contributed by atoms with Crippen molar-refractivity contribution in [2.24, 2.45) is 0 Å². The van der Waals surface area contributed by atoms with Crippen molar-refractivity contribution >= 4 is 23.1 Å². The molecule has 3 aromatic rings. The monoisotopic (exact) mass is 426 g/mol. The van der Waals surface area contributed by atoms with Crippen molar-refractivity contribution in [3.63, 3.8) is 0 Å².